The van der Waals surface area contributed by atoms with Crippen LogP contribution in [0.1, 0.15) is 5.56 Å². The Morgan fingerprint density at radius 2 is 2.12 bits per heavy atom. The lowest BCUT2D eigenvalue weighted by molar-refractivity contribution is 0.624. The largest absolute Gasteiger partial charge is 0.248 e. The smallest absolute Gasteiger partial charge is 0.124 e. The second kappa shape index (κ2) is 4.97. The Morgan fingerprint density at radius 1 is 1.31 bits per heavy atom. The molecule has 0 fully saturated rings. The molecule has 2 aromatic rings. The molecule has 1 heterocycles. The number of pyridine rings is 1. The molecular weight excluding hydrogens is 289 g/mol. The van der Waals surface area contributed by atoms with E-state index in [1.54, 1.807) is 12.3 Å². The minimum absolute atomic E-state index is 0.228. The van der Waals surface area contributed by atoms with Crippen LogP contribution >= 0.6 is 27.7 Å². The van der Waals surface area contributed by atoms with Crippen molar-refractivity contribution < 1.29 is 4.39 Å². The van der Waals surface area contributed by atoms with Crippen molar-refractivity contribution in [3.63, 3.8) is 0 Å². The molecule has 0 spiro atoms. The van der Waals surface area contributed by atoms with Gasteiger partial charge in [-0.05, 0) is 52.7 Å². The summed E-state index contributed by atoms with van der Waals surface area (Å²) in [6.07, 6.45) is 1.75. The molecule has 0 aliphatic heterocycles. The van der Waals surface area contributed by atoms with Crippen LogP contribution in [0.15, 0.2) is 50.9 Å². The zero-order chi connectivity index (χ0) is 11.5. The summed E-state index contributed by atoms with van der Waals surface area (Å²) < 4.78 is 14.0. The zero-order valence-electron chi connectivity index (χ0n) is 8.58. The molecule has 0 aliphatic rings. The van der Waals surface area contributed by atoms with Gasteiger partial charge in [0.2, 0.25) is 0 Å². The van der Waals surface area contributed by atoms with Gasteiger partial charge in [0.15, 0.2) is 0 Å². The van der Waals surface area contributed by atoms with Gasteiger partial charge in [-0.25, -0.2) is 9.37 Å². The van der Waals surface area contributed by atoms with Gasteiger partial charge in [0.25, 0.3) is 0 Å². The van der Waals surface area contributed by atoms with Crippen molar-refractivity contribution in [2.24, 2.45) is 0 Å². The maximum Gasteiger partial charge on any atom is 0.124 e. The topological polar surface area (TPSA) is 12.9 Å². The van der Waals surface area contributed by atoms with Gasteiger partial charge in [0.05, 0.1) is 4.47 Å². The third-order valence-electron chi connectivity index (χ3n) is 2.06. The van der Waals surface area contributed by atoms with Crippen molar-refractivity contribution in [1.29, 1.82) is 0 Å². The SMILES string of the molecule is Cc1ccnc(Sc2cccc(F)c2)c1Br. The lowest BCUT2D eigenvalue weighted by atomic mass is 10.3. The Bertz CT molecular complexity index is 516. The predicted octanol–water partition coefficient (Wildman–Crippen LogP) is 4.44. The minimum atomic E-state index is -0.228. The summed E-state index contributed by atoms with van der Waals surface area (Å²) in [5.74, 6) is -0.228. The summed E-state index contributed by atoms with van der Waals surface area (Å²) in [5, 5.41) is 0.852. The number of hydrogen-bond donors (Lipinski definition) is 0. The van der Waals surface area contributed by atoms with Crippen LogP contribution in [0.4, 0.5) is 4.39 Å². The quantitative estimate of drug-likeness (QED) is 0.813. The molecule has 0 bridgehead atoms. The number of aromatic nitrogens is 1. The van der Waals surface area contributed by atoms with E-state index < -0.39 is 0 Å². The van der Waals surface area contributed by atoms with Crippen molar-refractivity contribution in [2.45, 2.75) is 16.8 Å². The minimum Gasteiger partial charge on any atom is -0.248 e. The number of benzene rings is 1. The fourth-order valence-electron chi connectivity index (χ4n) is 1.23. The Kier molecular flexibility index (Phi) is 3.61. The Labute approximate surface area is 106 Å². The summed E-state index contributed by atoms with van der Waals surface area (Å²) in [6, 6.07) is 8.43. The first-order valence-corrected chi connectivity index (χ1v) is 6.32. The molecule has 0 atom stereocenters. The molecule has 1 aromatic heterocycles. The highest BCUT2D eigenvalue weighted by Crippen LogP contribution is 2.33. The van der Waals surface area contributed by atoms with E-state index in [-0.39, 0.29) is 5.82 Å². The third kappa shape index (κ3) is 2.62. The molecule has 0 radical (unpaired) electrons. The highest BCUT2D eigenvalue weighted by molar-refractivity contribution is 9.10. The monoisotopic (exact) mass is 297 g/mol. The second-order valence-electron chi connectivity index (χ2n) is 3.31. The predicted molar refractivity (Wildman–Crippen MR) is 67.2 cm³/mol. The molecule has 16 heavy (non-hydrogen) atoms. The second-order valence-corrected chi connectivity index (χ2v) is 5.16. The van der Waals surface area contributed by atoms with Crippen LogP contribution in [0.2, 0.25) is 0 Å². The van der Waals surface area contributed by atoms with E-state index in [0.29, 0.717) is 0 Å². The van der Waals surface area contributed by atoms with Gasteiger partial charge in [-0.3, -0.25) is 0 Å². The Hall–Kier alpha value is -0.870. The first-order valence-electron chi connectivity index (χ1n) is 4.71. The molecular formula is C12H9BrFNS. The molecule has 82 valence electrons. The lowest BCUT2D eigenvalue weighted by Crippen LogP contribution is -1.85. The first kappa shape index (κ1) is 11.6. The highest BCUT2D eigenvalue weighted by atomic mass is 79.9. The van der Waals surface area contributed by atoms with Crippen molar-refractivity contribution in [1.82, 2.24) is 4.98 Å². The van der Waals surface area contributed by atoms with Crippen molar-refractivity contribution in [3.8, 4) is 0 Å². The molecule has 1 aromatic carbocycles. The maximum atomic E-state index is 13.0. The van der Waals surface area contributed by atoms with Crippen LogP contribution < -0.4 is 0 Å². The van der Waals surface area contributed by atoms with Crippen LogP contribution in [0.5, 0.6) is 0 Å². The van der Waals surface area contributed by atoms with Gasteiger partial charge in [0.1, 0.15) is 10.8 Å². The fraction of sp³-hybridized carbons (Fsp3) is 0.0833. The van der Waals surface area contributed by atoms with Crippen LogP contribution in [0, 0.1) is 12.7 Å². The highest BCUT2D eigenvalue weighted by Gasteiger charge is 2.06. The molecule has 0 aliphatic carbocycles. The van der Waals surface area contributed by atoms with Crippen LogP contribution in [-0.4, -0.2) is 4.98 Å². The number of rotatable bonds is 2. The van der Waals surface area contributed by atoms with Crippen LogP contribution in [0.3, 0.4) is 0 Å². The van der Waals surface area contributed by atoms with Crippen LogP contribution in [0.25, 0.3) is 0 Å². The average molecular weight is 298 g/mol. The van der Waals surface area contributed by atoms with E-state index in [0.717, 1.165) is 20.0 Å². The molecule has 4 heteroatoms. The Morgan fingerprint density at radius 3 is 2.88 bits per heavy atom. The molecule has 0 N–H and O–H groups in total. The molecule has 0 saturated heterocycles. The zero-order valence-corrected chi connectivity index (χ0v) is 11.0. The molecule has 1 nitrogen and oxygen atoms in total. The van der Waals surface area contributed by atoms with Crippen molar-refractivity contribution in [3.05, 3.63) is 52.4 Å². The standard InChI is InChI=1S/C12H9BrFNS/c1-8-5-6-15-12(11(8)13)16-10-4-2-3-9(14)7-10/h2-7H,1H3. The number of aryl methyl sites for hydroxylation is 1. The van der Waals surface area contributed by atoms with E-state index >= 15 is 0 Å². The lowest BCUT2D eigenvalue weighted by Gasteiger charge is -2.05. The van der Waals surface area contributed by atoms with Gasteiger partial charge >= 0.3 is 0 Å². The van der Waals surface area contributed by atoms with Gasteiger partial charge in [0, 0.05) is 11.1 Å². The Balaban J connectivity index is 2.31. The van der Waals surface area contributed by atoms with Crippen LogP contribution in [-0.2, 0) is 0 Å². The third-order valence-corrected chi connectivity index (χ3v) is 4.32. The summed E-state index contributed by atoms with van der Waals surface area (Å²) in [6.45, 7) is 2.00. The van der Waals surface area contributed by atoms with E-state index in [4.69, 9.17) is 0 Å². The molecule has 2 rings (SSSR count). The van der Waals surface area contributed by atoms with E-state index in [9.17, 15) is 4.39 Å². The number of hydrogen-bond acceptors (Lipinski definition) is 2. The van der Waals surface area contributed by atoms with Gasteiger partial charge < -0.3 is 0 Å². The summed E-state index contributed by atoms with van der Waals surface area (Å²) >= 11 is 4.92. The number of nitrogens with zero attached hydrogens (tertiary/aromatic N) is 1. The summed E-state index contributed by atoms with van der Waals surface area (Å²) in [4.78, 5) is 5.10. The van der Waals surface area contributed by atoms with Gasteiger partial charge in [-0.15, -0.1) is 0 Å². The van der Waals surface area contributed by atoms with E-state index in [2.05, 4.69) is 20.9 Å². The van der Waals surface area contributed by atoms with Gasteiger partial charge in [-0.2, -0.15) is 0 Å². The van der Waals surface area contributed by atoms with E-state index in [1.807, 2.05) is 19.1 Å². The number of halogens is 2. The van der Waals surface area contributed by atoms with Crippen molar-refractivity contribution >= 4 is 27.7 Å². The summed E-state index contributed by atoms with van der Waals surface area (Å²) in [7, 11) is 0. The molecule has 0 unspecified atom stereocenters. The molecule has 0 amide bonds. The van der Waals surface area contributed by atoms with Gasteiger partial charge in [-0.1, -0.05) is 17.8 Å². The van der Waals surface area contributed by atoms with Crippen molar-refractivity contribution in [2.75, 3.05) is 0 Å². The maximum absolute atomic E-state index is 13.0. The first-order chi connectivity index (χ1) is 7.66. The average Bonchev–Trinajstić information content (AvgIpc) is 2.25. The fourth-order valence-corrected chi connectivity index (χ4v) is 2.61. The normalized spacial score (nSPS) is 10.4. The van der Waals surface area contributed by atoms with E-state index in [1.165, 1.54) is 23.9 Å². The summed E-state index contributed by atoms with van der Waals surface area (Å²) in [5.41, 5.74) is 1.12. The molecule has 0 saturated carbocycles.